The topological polar surface area (TPSA) is 77.1 Å². The number of fused-ring (bicyclic) bond motifs is 1. The molecule has 0 saturated carbocycles. The third kappa shape index (κ3) is 2.88. The highest BCUT2D eigenvalue weighted by Crippen LogP contribution is 2.28. The summed E-state index contributed by atoms with van der Waals surface area (Å²) < 4.78 is 70.5. The van der Waals surface area contributed by atoms with Crippen molar-refractivity contribution in [3.8, 4) is 11.3 Å². The summed E-state index contributed by atoms with van der Waals surface area (Å²) >= 11 is 0. The van der Waals surface area contributed by atoms with E-state index in [4.69, 9.17) is 0 Å². The van der Waals surface area contributed by atoms with E-state index in [2.05, 4.69) is 15.2 Å². The van der Waals surface area contributed by atoms with Gasteiger partial charge < -0.3 is 5.32 Å². The number of hydrogen-bond donors (Lipinski definition) is 1. The van der Waals surface area contributed by atoms with Crippen molar-refractivity contribution in [3.05, 3.63) is 65.0 Å². The molecule has 4 rings (SSSR count). The van der Waals surface area contributed by atoms with Crippen LogP contribution in [0.1, 0.15) is 16.2 Å². The van der Waals surface area contributed by atoms with Gasteiger partial charge in [-0.25, -0.2) is 31.5 Å². The predicted octanol–water partition coefficient (Wildman–Crippen LogP) is 3.39. The molecule has 0 radical (unpaired) electrons. The molecule has 30 heavy (non-hydrogen) atoms. The van der Waals surface area contributed by atoms with Crippen LogP contribution in [-0.2, 0) is 7.05 Å². The molecule has 1 N–H and O–H groups in total. The Morgan fingerprint density at radius 3 is 2.27 bits per heavy atom. The van der Waals surface area contributed by atoms with E-state index in [1.54, 1.807) is 29.3 Å². The average Bonchev–Trinajstić information content (AvgIpc) is 3.32. The number of carbonyl (C=O) groups excluding carboxylic acids is 1. The van der Waals surface area contributed by atoms with Crippen LogP contribution in [-0.4, -0.2) is 30.3 Å². The maximum Gasteiger partial charge on any atom is 0.276 e. The number of nitrogens with one attached hydrogen (secondary N) is 1. The van der Waals surface area contributed by atoms with Gasteiger partial charge in [-0.1, -0.05) is 0 Å². The molecular weight excluding hydrogens is 411 g/mol. The first-order valence-electron chi connectivity index (χ1n) is 8.37. The summed E-state index contributed by atoms with van der Waals surface area (Å²) in [5.74, 6) is -12.2. The minimum absolute atomic E-state index is 0.221. The monoisotopic (exact) mass is 422 g/mol. The molecule has 1 aromatic carbocycles. The van der Waals surface area contributed by atoms with Gasteiger partial charge in [0.2, 0.25) is 5.82 Å². The largest absolute Gasteiger partial charge is 0.315 e. The lowest BCUT2D eigenvalue weighted by Crippen LogP contribution is -2.17. The number of halogens is 5. The Hall–Kier alpha value is -3.83. The van der Waals surface area contributed by atoms with Gasteiger partial charge in [-0.05, 0) is 13.0 Å². The predicted molar refractivity (Wildman–Crippen MR) is 94.1 cm³/mol. The smallest absolute Gasteiger partial charge is 0.276 e. The molecule has 3 aromatic heterocycles. The molecule has 0 aliphatic rings. The fourth-order valence-corrected chi connectivity index (χ4v) is 2.85. The van der Waals surface area contributed by atoms with Crippen molar-refractivity contribution < 1.29 is 26.7 Å². The van der Waals surface area contributed by atoms with Crippen LogP contribution in [0.3, 0.4) is 0 Å². The second kappa shape index (κ2) is 6.90. The van der Waals surface area contributed by atoms with Gasteiger partial charge in [0, 0.05) is 30.6 Å². The van der Waals surface area contributed by atoms with Gasteiger partial charge in [0.25, 0.3) is 5.91 Å². The third-order valence-corrected chi connectivity index (χ3v) is 4.55. The van der Waals surface area contributed by atoms with Crippen molar-refractivity contribution in [3.63, 3.8) is 0 Å². The second-order valence-electron chi connectivity index (χ2n) is 6.30. The van der Waals surface area contributed by atoms with E-state index < -0.39 is 40.7 Å². The lowest BCUT2D eigenvalue weighted by molar-refractivity contribution is 0.102. The van der Waals surface area contributed by atoms with Crippen LogP contribution in [0.2, 0.25) is 0 Å². The van der Waals surface area contributed by atoms with Gasteiger partial charge in [0.05, 0.1) is 11.9 Å². The normalized spacial score (nSPS) is 11.3. The van der Waals surface area contributed by atoms with E-state index in [1.165, 1.54) is 16.8 Å². The fraction of sp³-hybridized carbons (Fsp3) is 0.111. The Balaban J connectivity index is 1.76. The first-order chi connectivity index (χ1) is 14.2. The number of hydrogen-bond acceptors (Lipinski definition) is 4. The number of benzene rings is 1. The van der Waals surface area contributed by atoms with Gasteiger partial charge in [0.15, 0.2) is 34.6 Å². The summed E-state index contributed by atoms with van der Waals surface area (Å²) in [6.45, 7) is 1.81. The maximum atomic E-state index is 13.8. The lowest BCUT2D eigenvalue weighted by atomic mass is 10.2. The standard InChI is InChI=1S/C18H11F5N6O/c1-7-8(6-25-28(7)2)10-3-4-24-11-5-9(27-29(10)11)18(30)26-17-15(22)13(20)12(19)14(21)16(17)23/h3-6H,1-2H3,(H,26,30). The van der Waals surface area contributed by atoms with Gasteiger partial charge >= 0.3 is 0 Å². The van der Waals surface area contributed by atoms with Gasteiger partial charge in [-0.3, -0.25) is 9.48 Å². The highest BCUT2D eigenvalue weighted by Gasteiger charge is 2.28. The van der Waals surface area contributed by atoms with Crippen LogP contribution in [0, 0.1) is 36.0 Å². The lowest BCUT2D eigenvalue weighted by Gasteiger charge is -2.08. The fourth-order valence-electron chi connectivity index (χ4n) is 2.85. The number of carbonyl (C=O) groups is 1. The molecule has 12 heteroatoms. The van der Waals surface area contributed by atoms with Crippen LogP contribution in [0.15, 0.2) is 24.5 Å². The first kappa shape index (κ1) is 19.5. The molecule has 0 atom stereocenters. The molecule has 7 nitrogen and oxygen atoms in total. The number of anilines is 1. The van der Waals surface area contributed by atoms with E-state index in [1.807, 2.05) is 6.92 Å². The number of nitrogens with zero attached hydrogens (tertiary/aromatic N) is 5. The summed E-state index contributed by atoms with van der Waals surface area (Å²) in [5, 5.41) is 9.87. The van der Waals surface area contributed by atoms with E-state index in [-0.39, 0.29) is 11.3 Å². The molecule has 4 aromatic rings. The van der Waals surface area contributed by atoms with Crippen molar-refractivity contribution in [1.29, 1.82) is 0 Å². The number of amides is 1. The Morgan fingerprint density at radius 2 is 1.67 bits per heavy atom. The Kier molecular flexibility index (Phi) is 4.48. The van der Waals surface area contributed by atoms with Crippen molar-refractivity contribution in [1.82, 2.24) is 24.4 Å². The SMILES string of the molecule is Cc1c(-c2ccnc3cc(C(=O)Nc4c(F)c(F)c(F)c(F)c4F)nn23)cnn1C. The molecule has 0 saturated heterocycles. The second-order valence-corrected chi connectivity index (χ2v) is 6.30. The summed E-state index contributed by atoms with van der Waals surface area (Å²) in [4.78, 5) is 16.5. The van der Waals surface area contributed by atoms with E-state index in [9.17, 15) is 26.7 Å². The molecular formula is C18H11F5N6O. The van der Waals surface area contributed by atoms with Crippen LogP contribution >= 0.6 is 0 Å². The summed E-state index contributed by atoms with van der Waals surface area (Å²) in [5.41, 5.74) is 0.425. The summed E-state index contributed by atoms with van der Waals surface area (Å²) in [6, 6.07) is 2.83. The van der Waals surface area contributed by atoms with Gasteiger partial charge in [-0.2, -0.15) is 10.2 Å². The van der Waals surface area contributed by atoms with Crippen molar-refractivity contribution >= 4 is 17.2 Å². The zero-order chi connectivity index (χ0) is 21.7. The minimum Gasteiger partial charge on any atom is -0.315 e. The zero-order valence-corrected chi connectivity index (χ0v) is 15.3. The zero-order valence-electron chi connectivity index (χ0n) is 15.3. The third-order valence-electron chi connectivity index (χ3n) is 4.55. The molecule has 0 aliphatic carbocycles. The van der Waals surface area contributed by atoms with Crippen LogP contribution in [0.5, 0.6) is 0 Å². The number of aryl methyl sites for hydroxylation is 1. The molecule has 154 valence electrons. The Labute approximate surface area is 164 Å². The average molecular weight is 422 g/mol. The van der Waals surface area contributed by atoms with Crippen LogP contribution < -0.4 is 5.32 Å². The summed E-state index contributed by atoms with van der Waals surface area (Å²) in [6.07, 6.45) is 3.05. The van der Waals surface area contributed by atoms with Crippen LogP contribution in [0.25, 0.3) is 16.9 Å². The molecule has 0 fully saturated rings. The molecule has 0 aliphatic heterocycles. The Morgan fingerprint density at radius 1 is 1.03 bits per heavy atom. The summed E-state index contributed by atoms with van der Waals surface area (Å²) in [7, 11) is 1.74. The van der Waals surface area contributed by atoms with Crippen molar-refractivity contribution in [2.24, 2.45) is 7.05 Å². The molecule has 0 bridgehead atoms. The number of aromatic nitrogens is 5. The van der Waals surface area contributed by atoms with Gasteiger partial charge in [0.1, 0.15) is 5.69 Å². The molecule has 0 unspecified atom stereocenters. The number of rotatable bonds is 3. The highest BCUT2D eigenvalue weighted by atomic mass is 19.2. The van der Waals surface area contributed by atoms with E-state index in [0.29, 0.717) is 11.3 Å². The van der Waals surface area contributed by atoms with Crippen molar-refractivity contribution in [2.75, 3.05) is 5.32 Å². The first-order valence-corrected chi connectivity index (χ1v) is 8.37. The van der Waals surface area contributed by atoms with Crippen molar-refractivity contribution in [2.45, 2.75) is 6.92 Å². The van der Waals surface area contributed by atoms with Crippen LogP contribution in [0.4, 0.5) is 27.6 Å². The maximum absolute atomic E-state index is 13.8. The molecule has 0 spiro atoms. The minimum atomic E-state index is -2.32. The highest BCUT2D eigenvalue weighted by molar-refractivity contribution is 6.03. The van der Waals surface area contributed by atoms with E-state index >= 15 is 0 Å². The van der Waals surface area contributed by atoms with E-state index in [0.717, 1.165) is 5.69 Å². The Bertz CT molecular complexity index is 1300. The molecule has 3 heterocycles. The molecule has 1 amide bonds. The van der Waals surface area contributed by atoms with Gasteiger partial charge in [-0.15, -0.1) is 0 Å². The quantitative estimate of drug-likeness (QED) is 0.312.